The summed E-state index contributed by atoms with van der Waals surface area (Å²) in [6.45, 7) is 1.14. The van der Waals surface area contributed by atoms with Crippen molar-refractivity contribution in [3.63, 3.8) is 0 Å². The van der Waals surface area contributed by atoms with E-state index in [-0.39, 0.29) is 12.7 Å². The number of carbonyl (C=O) groups excluding carboxylic acids is 1. The maximum atomic E-state index is 12.1. The fraction of sp³-hybridized carbons (Fsp3) is 0.286. The van der Waals surface area contributed by atoms with Gasteiger partial charge in [-0.15, -0.1) is 0 Å². The number of nitrogens with one attached hydrogen (secondary N) is 1. The Bertz CT molecular complexity index is 639. The summed E-state index contributed by atoms with van der Waals surface area (Å²) in [5.41, 5.74) is 6.73. The number of benzene rings is 1. The third kappa shape index (κ3) is 2.55. The van der Waals surface area contributed by atoms with Crippen molar-refractivity contribution in [3.8, 4) is 11.5 Å². The second-order valence-corrected chi connectivity index (χ2v) is 4.65. The molecule has 0 saturated carbocycles. The molecule has 21 heavy (non-hydrogen) atoms. The highest BCUT2D eigenvalue weighted by molar-refractivity contribution is 6.15. The molecule has 2 heterocycles. The number of carbonyl (C=O) groups is 1. The van der Waals surface area contributed by atoms with E-state index in [2.05, 4.69) is 10.3 Å². The monoisotopic (exact) mass is 288 g/mol. The van der Waals surface area contributed by atoms with Crippen molar-refractivity contribution in [2.45, 2.75) is 0 Å². The summed E-state index contributed by atoms with van der Waals surface area (Å²) >= 11 is 0. The van der Waals surface area contributed by atoms with Crippen LogP contribution in [0.5, 0.6) is 11.5 Å². The summed E-state index contributed by atoms with van der Waals surface area (Å²) in [6.07, 6.45) is 1.76. The van der Waals surface area contributed by atoms with Crippen molar-refractivity contribution < 1.29 is 14.3 Å². The van der Waals surface area contributed by atoms with Crippen LogP contribution in [-0.4, -0.2) is 43.7 Å². The number of fused-ring (bicyclic) bond motifs is 1. The average Bonchev–Trinajstić information content (AvgIpc) is 3.05. The summed E-state index contributed by atoms with van der Waals surface area (Å²) in [6, 6.07) is 5.52. The standard InChI is InChI=1S/C14H16N4O3/c1-18-13(19)10(17-14(18)16-5-4-15)6-9-2-3-11-12(7-9)21-8-20-11/h2-3,6-7H,4-5,8,15H2,1H3,(H,16,17)/b10-6-. The van der Waals surface area contributed by atoms with Crippen molar-refractivity contribution in [1.29, 1.82) is 0 Å². The van der Waals surface area contributed by atoms with Crippen molar-refractivity contribution >= 4 is 17.9 Å². The topological polar surface area (TPSA) is 89.2 Å². The van der Waals surface area contributed by atoms with Crippen LogP contribution in [-0.2, 0) is 4.79 Å². The predicted molar refractivity (Wildman–Crippen MR) is 77.8 cm³/mol. The van der Waals surface area contributed by atoms with E-state index >= 15 is 0 Å². The van der Waals surface area contributed by atoms with E-state index in [0.717, 1.165) is 5.56 Å². The number of likely N-dealkylation sites (N-methyl/N-ethyl adjacent to an activating group) is 1. The number of nitrogens with two attached hydrogens (primary N) is 1. The van der Waals surface area contributed by atoms with Crippen LogP contribution < -0.4 is 20.5 Å². The molecule has 0 aliphatic carbocycles. The fourth-order valence-corrected chi connectivity index (χ4v) is 2.12. The maximum Gasteiger partial charge on any atom is 0.276 e. The van der Waals surface area contributed by atoms with Crippen molar-refractivity contribution in [2.75, 3.05) is 26.9 Å². The third-order valence-corrected chi connectivity index (χ3v) is 3.20. The molecule has 7 nitrogen and oxygen atoms in total. The summed E-state index contributed by atoms with van der Waals surface area (Å²) < 4.78 is 10.6. The Kier molecular flexibility index (Phi) is 3.49. The van der Waals surface area contributed by atoms with E-state index < -0.39 is 0 Å². The molecule has 0 unspecified atom stereocenters. The van der Waals surface area contributed by atoms with Crippen LogP contribution in [0, 0.1) is 0 Å². The SMILES string of the molecule is CN1C(=O)/C(=C/c2ccc3c(c2)OCO3)NC1=NCCN. The molecular weight excluding hydrogens is 272 g/mol. The maximum absolute atomic E-state index is 12.1. The lowest BCUT2D eigenvalue weighted by Crippen LogP contribution is -2.29. The summed E-state index contributed by atoms with van der Waals surface area (Å²) in [7, 11) is 1.67. The highest BCUT2D eigenvalue weighted by atomic mass is 16.7. The Morgan fingerprint density at radius 2 is 2.24 bits per heavy atom. The largest absolute Gasteiger partial charge is 0.454 e. The molecule has 0 atom stereocenters. The summed E-state index contributed by atoms with van der Waals surface area (Å²) in [5.74, 6) is 1.77. The van der Waals surface area contributed by atoms with Crippen LogP contribution in [0.1, 0.15) is 5.56 Å². The number of ether oxygens (including phenoxy) is 2. The van der Waals surface area contributed by atoms with Gasteiger partial charge in [0.05, 0.1) is 6.54 Å². The van der Waals surface area contributed by atoms with Gasteiger partial charge in [0.2, 0.25) is 12.8 Å². The van der Waals surface area contributed by atoms with Gasteiger partial charge in [-0.2, -0.15) is 0 Å². The lowest BCUT2D eigenvalue weighted by atomic mass is 10.1. The Labute approximate surface area is 122 Å². The van der Waals surface area contributed by atoms with Gasteiger partial charge in [-0.05, 0) is 23.8 Å². The molecule has 1 amide bonds. The van der Waals surface area contributed by atoms with Gasteiger partial charge in [-0.1, -0.05) is 6.07 Å². The molecular formula is C14H16N4O3. The van der Waals surface area contributed by atoms with Crippen LogP contribution >= 0.6 is 0 Å². The molecule has 2 aliphatic heterocycles. The summed E-state index contributed by atoms with van der Waals surface area (Å²) in [4.78, 5) is 17.8. The predicted octanol–water partition coefficient (Wildman–Crippen LogP) is 0.132. The number of guanidine groups is 1. The second kappa shape index (κ2) is 5.45. The molecule has 0 bridgehead atoms. The molecule has 1 fully saturated rings. The molecule has 2 aliphatic rings. The molecule has 0 aromatic heterocycles. The number of nitrogens with zero attached hydrogens (tertiary/aromatic N) is 2. The fourth-order valence-electron chi connectivity index (χ4n) is 2.12. The lowest BCUT2D eigenvalue weighted by molar-refractivity contribution is -0.121. The van der Waals surface area contributed by atoms with Crippen molar-refractivity contribution in [1.82, 2.24) is 10.2 Å². The van der Waals surface area contributed by atoms with Gasteiger partial charge in [0.25, 0.3) is 5.91 Å². The molecule has 7 heteroatoms. The average molecular weight is 288 g/mol. The molecule has 3 rings (SSSR count). The van der Waals surface area contributed by atoms with Gasteiger partial charge in [0.15, 0.2) is 11.5 Å². The van der Waals surface area contributed by atoms with Crippen LogP contribution in [0.15, 0.2) is 28.9 Å². The molecule has 1 aromatic rings. The zero-order valence-electron chi connectivity index (χ0n) is 11.6. The van der Waals surface area contributed by atoms with Crippen LogP contribution in [0.25, 0.3) is 6.08 Å². The van der Waals surface area contributed by atoms with E-state index in [1.54, 1.807) is 13.1 Å². The van der Waals surface area contributed by atoms with Gasteiger partial charge in [-0.3, -0.25) is 14.7 Å². The molecule has 3 N–H and O–H groups in total. The normalized spacial score (nSPS) is 20.5. The smallest absolute Gasteiger partial charge is 0.276 e. The number of rotatable bonds is 3. The van der Waals surface area contributed by atoms with Crippen LogP contribution in [0.2, 0.25) is 0 Å². The Balaban J connectivity index is 1.85. The molecule has 1 aromatic carbocycles. The minimum Gasteiger partial charge on any atom is -0.454 e. The second-order valence-electron chi connectivity index (χ2n) is 4.65. The number of hydrogen-bond donors (Lipinski definition) is 2. The van der Waals surface area contributed by atoms with Gasteiger partial charge in [0.1, 0.15) is 5.70 Å². The van der Waals surface area contributed by atoms with Gasteiger partial charge in [0, 0.05) is 13.6 Å². The molecule has 1 saturated heterocycles. The van der Waals surface area contributed by atoms with E-state index in [0.29, 0.717) is 36.2 Å². The first-order valence-corrected chi connectivity index (χ1v) is 6.60. The minimum atomic E-state index is -0.136. The Morgan fingerprint density at radius 1 is 1.43 bits per heavy atom. The van der Waals surface area contributed by atoms with Crippen molar-refractivity contribution in [3.05, 3.63) is 29.5 Å². The van der Waals surface area contributed by atoms with E-state index in [9.17, 15) is 4.79 Å². The highest BCUT2D eigenvalue weighted by Gasteiger charge is 2.28. The Hall–Kier alpha value is -2.54. The lowest BCUT2D eigenvalue weighted by Gasteiger charge is -2.06. The van der Waals surface area contributed by atoms with E-state index in [4.69, 9.17) is 15.2 Å². The number of amides is 1. The minimum absolute atomic E-state index is 0.136. The first-order chi connectivity index (χ1) is 10.2. The van der Waals surface area contributed by atoms with E-state index in [1.165, 1.54) is 4.90 Å². The molecule has 0 radical (unpaired) electrons. The highest BCUT2D eigenvalue weighted by Crippen LogP contribution is 2.33. The quantitative estimate of drug-likeness (QED) is 0.772. The third-order valence-electron chi connectivity index (χ3n) is 3.20. The van der Waals surface area contributed by atoms with E-state index in [1.807, 2.05) is 18.2 Å². The zero-order valence-corrected chi connectivity index (χ0v) is 11.6. The van der Waals surface area contributed by atoms with Gasteiger partial charge < -0.3 is 20.5 Å². The van der Waals surface area contributed by atoms with Gasteiger partial charge in [-0.25, -0.2) is 0 Å². The van der Waals surface area contributed by atoms with Crippen LogP contribution in [0.4, 0.5) is 0 Å². The van der Waals surface area contributed by atoms with Crippen LogP contribution in [0.3, 0.4) is 0 Å². The number of aliphatic imine (C=N–C) groups is 1. The molecule has 0 spiro atoms. The van der Waals surface area contributed by atoms with Crippen molar-refractivity contribution in [2.24, 2.45) is 10.7 Å². The molecule has 110 valence electrons. The van der Waals surface area contributed by atoms with Gasteiger partial charge >= 0.3 is 0 Å². The number of hydrogen-bond acceptors (Lipinski definition) is 5. The zero-order chi connectivity index (χ0) is 14.8. The Morgan fingerprint density at radius 3 is 3.05 bits per heavy atom. The first kappa shape index (κ1) is 13.4. The summed E-state index contributed by atoms with van der Waals surface area (Å²) in [5, 5.41) is 3.00. The first-order valence-electron chi connectivity index (χ1n) is 6.60.